The van der Waals surface area contributed by atoms with Crippen molar-refractivity contribution in [3.05, 3.63) is 77.0 Å². The highest BCUT2D eigenvalue weighted by Crippen LogP contribution is 2.34. The number of rotatable bonds is 8. The van der Waals surface area contributed by atoms with E-state index in [0.717, 1.165) is 58.8 Å². The van der Waals surface area contributed by atoms with Gasteiger partial charge >= 0.3 is 0 Å². The smallest absolute Gasteiger partial charge is 0.266 e. The lowest BCUT2D eigenvalue weighted by atomic mass is 9.98. The fourth-order valence-electron chi connectivity index (χ4n) is 4.18. The largest absolute Gasteiger partial charge is 0.398 e. The van der Waals surface area contributed by atoms with Gasteiger partial charge in [0.1, 0.15) is 4.32 Å². The Morgan fingerprint density at radius 2 is 1.91 bits per heavy atom. The van der Waals surface area contributed by atoms with Gasteiger partial charge in [0, 0.05) is 24.0 Å². The number of fused-ring (bicyclic) bond motifs is 1. The van der Waals surface area contributed by atoms with Crippen molar-refractivity contribution in [2.24, 2.45) is 0 Å². The Labute approximate surface area is 212 Å². The summed E-state index contributed by atoms with van der Waals surface area (Å²) in [6.45, 7) is 0.616. The van der Waals surface area contributed by atoms with Crippen molar-refractivity contribution in [1.29, 1.82) is 0 Å². The van der Waals surface area contributed by atoms with E-state index in [2.05, 4.69) is 44.9 Å². The summed E-state index contributed by atoms with van der Waals surface area (Å²) < 4.78 is 0.609. The molecule has 1 saturated heterocycles. The first-order valence-corrected chi connectivity index (χ1v) is 12.7. The molecule has 0 bridgehead atoms. The number of nitrogens with zero attached hydrogens (tertiary/aromatic N) is 4. The summed E-state index contributed by atoms with van der Waals surface area (Å²) in [4.78, 5) is 15.4. The molecule has 1 aromatic heterocycles. The van der Waals surface area contributed by atoms with Crippen LogP contribution < -0.4 is 5.73 Å². The number of tetrazole rings is 1. The van der Waals surface area contributed by atoms with E-state index < -0.39 is 0 Å². The number of amides is 1. The summed E-state index contributed by atoms with van der Waals surface area (Å²) in [5.74, 6) is 0.686. The summed E-state index contributed by atoms with van der Waals surface area (Å²) in [7, 11) is 0. The van der Waals surface area contributed by atoms with Crippen LogP contribution in [-0.4, -0.2) is 42.3 Å². The number of hydrogen-bond donors (Lipinski definition) is 2. The molecule has 7 nitrogen and oxygen atoms in total. The number of nitrogen functional groups attached to an aromatic ring is 1. The first-order chi connectivity index (χ1) is 17.1. The summed E-state index contributed by atoms with van der Waals surface area (Å²) in [6, 6.07) is 20.4. The number of anilines is 1. The molecule has 5 rings (SSSR count). The summed E-state index contributed by atoms with van der Waals surface area (Å²) in [5.41, 5.74) is 10.1. The van der Waals surface area contributed by atoms with Crippen LogP contribution in [0.2, 0.25) is 0 Å². The van der Waals surface area contributed by atoms with E-state index in [0.29, 0.717) is 21.6 Å². The normalized spacial score (nSPS) is 15.0. The Morgan fingerprint density at radius 1 is 1.03 bits per heavy atom. The number of carbonyl (C=O) groups is 1. The minimum atomic E-state index is -0.0291. The predicted molar refractivity (Wildman–Crippen MR) is 145 cm³/mol. The third-order valence-electron chi connectivity index (χ3n) is 5.96. The Morgan fingerprint density at radius 3 is 2.77 bits per heavy atom. The second kappa shape index (κ2) is 10.4. The van der Waals surface area contributed by atoms with Gasteiger partial charge in [-0.2, -0.15) is 5.21 Å². The lowest BCUT2D eigenvalue weighted by molar-refractivity contribution is -0.122. The molecule has 1 aliphatic heterocycles. The van der Waals surface area contributed by atoms with E-state index >= 15 is 0 Å². The van der Waals surface area contributed by atoms with Gasteiger partial charge in [0.2, 0.25) is 0 Å². The number of aryl methyl sites for hydroxylation is 1. The number of carbonyl (C=O) groups excluding carboxylic acids is 1. The second-order valence-electron chi connectivity index (χ2n) is 8.38. The monoisotopic (exact) mass is 500 g/mol. The van der Waals surface area contributed by atoms with Crippen LogP contribution in [-0.2, 0) is 11.2 Å². The van der Waals surface area contributed by atoms with Crippen LogP contribution in [0.4, 0.5) is 5.69 Å². The molecule has 0 unspecified atom stereocenters. The second-order valence-corrected chi connectivity index (χ2v) is 10.1. The molecule has 1 fully saturated rings. The Hall–Kier alpha value is -3.56. The summed E-state index contributed by atoms with van der Waals surface area (Å²) >= 11 is 6.86. The average Bonchev–Trinajstić information content (AvgIpc) is 3.47. The molecule has 9 heteroatoms. The highest BCUT2D eigenvalue weighted by atomic mass is 32.2. The molecule has 1 aliphatic rings. The molecule has 0 aliphatic carbocycles. The Bertz CT molecular complexity index is 1420. The van der Waals surface area contributed by atoms with Crippen molar-refractivity contribution in [1.82, 2.24) is 25.5 Å². The fourth-order valence-corrected chi connectivity index (χ4v) is 5.49. The van der Waals surface area contributed by atoms with Gasteiger partial charge in [0.25, 0.3) is 5.91 Å². The standard InChI is InChI=1S/C26H24N6OS2/c27-22-16-20(15-19-8-3-4-10-21(19)22)18-9-6-7-17(13-18)14-23-25(33)32(26(34)35-23)12-5-1-2-11-24-28-30-31-29-24/h3-4,6-10,13-16H,1-2,5,11-12,27H2,(H,28,29,30,31)/b23-14-. The number of benzene rings is 3. The van der Waals surface area contributed by atoms with Gasteiger partial charge in [-0.25, -0.2) is 0 Å². The van der Waals surface area contributed by atoms with E-state index in [1.165, 1.54) is 11.8 Å². The van der Waals surface area contributed by atoms with Crippen molar-refractivity contribution in [2.45, 2.75) is 25.7 Å². The van der Waals surface area contributed by atoms with Crippen molar-refractivity contribution in [3.63, 3.8) is 0 Å². The third-order valence-corrected chi connectivity index (χ3v) is 7.33. The zero-order valence-corrected chi connectivity index (χ0v) is 20.6. The lowest BCUT2D eigenvalue weighted by Gasteiger charge is -2.13. The maximum atomic E-state index is 13.0. The summed E-state index contributed by atoms with van der Waals surface area (Å²) in [6.07, 6.45) is 5.46. The number of unbranched alkanes of at least 4 members (excludes halogenated alkanes) is 2. The number of hydrogen-bond acceptors (Lipinski definition) is 7. The van der Waals surface area contributed by atoms with E-state index in [-0.39, 0.29) is 5.91 Å². The molecule has 0 radical (unpaired) electrons. The van der Waals surface area contributed by atoms with Crippen LogP contribution >= 0.6 is 24.0 Å². The number of aromatic amines is 1. The van der Waals surface area contributed by atoms with Crippen molar-refractivity contribution in [2.75, 3.05) is 12.3 Å². The molecular weight excluding hydrogens is 476 g/mol. The van der Waals surface area contributed by atoms with E-state index in [9.17, 15) is 4.79 Å². The number of thiocarbonyl (C=S) groups is 1. The zero-order valence-electron chi connectivity index (χ0n) is 19.0. The van der Waals surface area contributed by atoms with Crippen molar-refractivity contribution in [3.8, 4) is 11.1 Å². The third kappa shape index (κ3) is 5.26. The molecular formula is C26H24N6OS2. The fraction of sp³-hybridized carbons (Fsp3) is 0.192. The quantitative estimate of drug-likeness (QED) is 0.148. The van der Waals surface area contributed by atoms with Gasteiger partial charge in [-0.05, 0) is 59.2 Å². The van der Waals surface area contributed by atoms with Crippen LogP contribution in [0.1, 0.15) is 30.7 Å². The molecule has 0 spiro atoms. The molecule has 0 saturated carbocycles. The van der Waals surface area contributed by atoms with Crippen LogP contribution in [0.25, 0.3) is 28.0 Å². The Kier molecular flexibility index (Phi) is 6.87. The van der Waals surface area contributed by atoms with Crippen LogP contribution in [0.5, 0.6) is 0 Å². The van der Waals surface area contributed by atoms with Gasteiger partial charge in [-0.15, -0.1) is 10.2 Å². The van der Waals surface area contributed by atoms with Gasteiger partial charge in [-0.3, -0.25) is 9.69 Å². The maximum absolute atomic E-state index is 13.0. The van der Waals surface area contributed by atoms with Crippen molar-refractivity contribution < 1.29 is 4.79 Å². The number of H-pyrrole nitrogens is 1. The minimum Gasteiger partial charge on any atom is -0.398 e. The molecule has 2 heterocycles. The number of thioether (sulfide) groups is 1. The lowest BCUT2D eigenvalue weighted by Crippen LogP contribution is -2.29. The first kappa shape index (κ1) is 23.2. The van der Waals surface area contributed by atoms with Crippen LogP contribution in [0.15, 0.2) is 65.6 Å². The van der Waals surface area contributed by atoms with Crippen LogP contribution in [0.3, 0.4) is 0 Å². The Balaban J connectivity index is 1.26. The SMILES string of the molecule is Nc1cc(-c2cccc(/C=C3\SC(=S)N(CCCCCc4nn[nH]n4)C3=O)c2)cc2ccccc12. The topological polar surface area (TPSA) is 101 Å². The number of nitrogens with two attached hydrogens (primary N) is 1. The molecule has 3 N–H and O–H groups in total. The van der Waals surface area contributed by atoms with E-state index in [1.54, 1.807) is 4.90 Å². The van der Waals surface area contributed by atoms with E-state index in [1.807, 2.05) is 42.5 Å². The first-order valence-electron chi connectivity index (χ1n) is 11.4. The van der Waals surface area contributed by atoms with Gasteiger partial charge in [-0.1, -0.05) is 78.1 Å². The average molecular weight is 501 g/mol. The summed E-state index contributed by atoms with van der Waals surface area (Å²) in [5, 5.41) is 16.1. The number of nitrogens with one attached hydrogen (secondary N) is 1. The zero-order chi connectivity index (χ0) is 24.2. The van der Waals surface area contributed by atoms with Crippen LogP contribution in [0, 0.1) is 0 Å². The van der Waals surface area contributed by atoms with Gasteiger partial charge in [0.15, 0.2) is 5.82 Å². The number of aromatic nitrogens is 4. The maximum Gasteiger partial charge on any atom is 0.266 e. The van der Waals surface area contributed by atoms with E-state index in [4.69, 9.17) is 18.0 Å². The molecule has 176 valence electrons. The van der Waals surface area contributed by atoms with Gasteiger partial charge in [0.05, 0.1) is 4.91 Å². The van der Waals surface area contributed by atoms with Crippen molar-refractivity contribution >= 4 is 56.7 Å². The van der Waals surface area contributed by atoms with Gasteiger partial charge < -0.3 is 5.73 Å². The molecule has 0 atom stereocenters. The molecule has 35 heavy (non-hydrogen) atoms. The highest BCUT2D eigenvalue weighted by molar-refractivity contribution is 8.26. The minimum absolute atomic E-state index is 0.0291. The molecule has 4 aromatic rings. The molecule has 1 amide bonds. The molecule has 3 aromatic carbocycles. The predicted octanol–water partition coefficient (Wildman–Crippen LogP) is 5.22. The highest BCUT2D eigenvalue weighted by Gasteiger charge is 2.31.